The second-order valence-corrected chi connectivity index (χ2v) is 9.92. The minimum Gasteiger partial charge on any atom is -0.494 e. The zero-order chi connectivity index (χ0) is 25.2. The molecule has 7 nitrogen and oxygen atoms in total. The largest absolute Gasteiger partial charge is 0.494 e. The number of thiazole rings is 1. The first-order valence-corrected chi connectivity index (χ1v) is 13.9. The normalized spacial score (nSPS) is 14.2. The van der Waals surface area contributed by atoms with Crippen LogP contribution in [0.15, 0.2) is 42.5 Å². The number of carbonyl (C=O) groups is 1. The maximum Gasteiger partial charge on any atom is 0.260 e. The molecular weight excluding hydrogens is 474 g/mol. The highest BCUT2D eigenvalue weighted by Gasteiger charge is 2.22. The first kappa shape index (κ1) is 26.4. The van der Waals surface area contributed by atoms with Gasteiger partial charge in [-0.05, 0) is 56.2 Å². The summed E-state index contributed by atoms with van der Waals surface area (Å²) in [6.45, 7) is 10.4. The summed E-state index contributed by atoms with van der Waals surface area (Å²) in [4.78, 5) is 22.8. The summed E-state index contributed by atoms with van der Waals surface area (Å²) in [7, 11) is 0. The highest BCUT2D eigenvalue weighted by molar-refractivity contribution is 7.22. The summed E-state index contributed by atoms with van der Waals surface area (Å²) in [6, 6.07) is 13.4. The van der Waals surface area contributed by atoms with Crippen LogP contribution >= 0.6 is 11.3 Å². The molecule has 3 aromatic rings. The molecule has 1 amide bonds. The molecule has 0 spiro atoms. The van der Waals surface area contributed by atoms with Crippen LogP contribution in [0.5, 0.6) is 11.5 Å². The highest BCUT2D eigenvalue weighted by Crippen LogP contribution is 2.32. The molecule has 2 aromatic carbocycles. The molecule has 0 radical (unpaired) electrons. The van der Waals surface area contributed by atoms with Crippen LogP contribution in [0.2, 0.25) is 0 Å². The van der Waals surface area contributed by atoms with E-state index in [1.54, 1.807) is 0 Å². The number of carbonyl (C=O) groups excluding carboxylic acids is 1. The maximum atomic E-state index is 13.8. The van der Waals surface area contributed by atoms with Gasteiger partial charge in [-0.2, -0.15) is 0 Å². The van der Waals surface area contributed by atoms with Crippen molar-refractivity contribution in [2.75, 3.05) is 57.5 Å². The van der Waals surface area contributed by atoms with Gasteiger partial charge in [0.05, 0.1) is 36.6 Å². The standard InChI is InChI=1S/C28H37N3O4S/c1-3-5-6-17-35-23-10-7-9-22(20-23)27(32)31(14-8-13-30-15-18-33-19-16-30)28-29-25-12-11-24(34-4-2)21-26(25)36-28/h7,9-12,20-21H,3-6,8,13-19H2,1-2H3. The molecule has 194 valence electrons. The van der Waals surface area contributed by atoms with E-state index in [-0.39, 0.29) is 5.91 Å². The van der Waals surface area contributed by atoms with E-state index in [0.717, 1.165) is 80.2 Å². The maximum absolute atomic E-state index is 13.8. The summed E-state index contributed by atoms with van der Waals surface area (Å²) in [5.41, 5.74) is 1.49. The van der Waals surface area contributed by atoms with E-state index < -0.39 is 0 Å². The van der Waals surface area contributed by atoms with Crippen LogP contribution in [0.1, 0.15) is 49.9 Å². The third-order valence-electron chi connectivity index (χ3n) is 6.19. The van der Waals surface area contributed by atoms with Gasteiger partial charge in [0.25, 0.3) is 5.91 Å². The molecule has 0 aliphatic carbocycles. The van der Waals surface area contributed by atoms with Crippen LogP contribution < -0.4 is 14.4 Å². The van der Waals surface area contributed by atoms with Crippen LogP contribution in [0.25, 0.3) is 10.2 Å². The number of rotatable bonds is 13. The molecule has 8 heteroatoms. The van der Waals surface area contributed by atoms with Gasteiger partial charge >= 0.3 is 0 Å². The first-order chi connectivity index (χ1) is 17.7. The number of nitrogens with zero attached hydrogens (tertiary/aromatic N) is 3. The SMILES string of the molecule is CCCCCOc1cccc(C(=O)N(CCCN2CCOCC2)c2nc3ccc(OCC)cc3s2)c1. The Morgan fingerprint density at radius 2 is 1.89 bits per heavy atom. The van der Waals surface area contributed by atoms with Crippen molar-refractivity contribution in [3.8, 4) is 11.5 Å². The topological polar surface area (TPSA) is 64.1 Å². The van der Waals surface area contributed by atoms with Gasteiger partial charge in [-0.3, -0.25) is 14.6 Å². The van der Waals surface area contributed by atoms with E-state index in [9.17, 15) is 4.79 Å². The van der Waals surface area contributed by atoms with Crippen molar-refractivity contribution in [1.82, 2.24) is 9.88 Å². The second kappa shape index (κ2) is 13.6. The van der Waals surface area contributed by atoms with E-state index in [0.29, 0.717) is 30.5 Å². The summed E-state index contributed by atoms with van der Waals surface area (Å²) in [5, 5.41) is 0.708. The predicted molar refractivity (Wildman–Crippen MR) is 146 cm³/mol. The lowest BCUT2D eigenvalue weighted by atomic mass is 10.2. The van der Waals surface area contributed by atoms with Crippen molar-refractivity contribution in [3.05, 3.63) is 48.0 Å². The van der Waals surface area contributed by atoms with Crippen LogP contribution in [0, 0.1) is 0 Å². The Hall–Kier alpha value is -2.68. The Balaban J connectivity index is 1.53. The molecule has 1 saturated heterocycles. The van der Waals surface area contributed by atoms with Gasteiger partial charge in [0.15, 0.2) is 5.13 Å². The number of hydrogen-bond donors (Lipinski definition) is 0. The van der Waals surface area contributed by atoms with E-state index in [4.69, 9.17) is 19.2 Å². The predicted octanol–water partition coefficient (Wildman–Crippen LogP) is 5.63. The fourth-order valence-corrected chi connectivity index (χ4v) is 5.26. The Morgan fingerprint density at radius 3 is 2.69 bits per heavy atom. The Labute approximate surface area is 218 Å². The zero-order valence-electron chi connectivity index (χ0n) is 21.4. The highest BCUT2D eigenvalue weighted by atomic mass is 32.1. The Kier molecular flexibility index (Phi) is 9.95. The number of anilines is 1. The van der Waals surface area contributed by atoms with Crippen molar-refractivity contribution in [3.63, 3.8) is 0 Å². The lowest BCUT2D eigenvalue weighted by molar-refractivity contribution is 0.0376. The fraction of sp³-hybridized carbons (Fsp3) is 0.500. The number of fused-ring (bicyclic) bond motifs is 1. The Bertz CT molecular complexity index is 1110. The van der Waals surface area contributed by atoms with Crippen molar-refractivity contribution < 1.29 is 19.0 Å². The lowest BCUT2D eigenvalue weighted by Crippen LogP contribution is -2.39. The third kappa shape index (κ3) is 7.18. The number of amides is 1. The monoisotopic (exact) mass is 511 g/mol. The van der Waals surface area contributed by atoms with E-state index >= 15 is 0 Å². The molecule has 0 atom stereocenters. The summed E-state index contributed by atoms with van der Waals surface area (Å²) in [6.07, 6.45) is 4.16. The van der Waals surface area contributed by atoms with Crippen LogP contribution in [-0.4, -0.2) is 68.4 Å². The number of unbranched alkanes of at least 4 members (excludes halogenated alkanes) is 2. The van der Waals surface area contributed by atoms with Gasteiger partial charge in [-0.1, -0.05) is 37.2 Å². The van der Waals surface area contributed by atoms with E-state index in [2.05, 4.69) is 11.8 Å². The van der Waals surface area contributed by atoms with Gasteiger partial charge in [0.1, 0.15) is 11.5 Å². The molecule has 1 fully saturated rings. The zero-order valence-corrected chi connectivity index (χ0v) is 22.2. The van der Waals surface area contributed by atoms with Crippen LogP contribution in [-0.2, 0) is 4.74 Å². The number of ether oxygens (including phenoxy) is 3. The summed E-state index contributed by atoms with van der Waals surface area (Å²) in [5.74, 6) is 1.49. The minimum absolute atomic E-state index is 0.0555. The van der Waals surface area contributed by atoms with E-state index in [1.807, 2.05) is 54.3 Å². The van der Waals surface area contributed by atoms with Crippen molar-refractivity contribution in [2.45, 2.75) is 39.5 Å². The molecule has 36 heavy (non-hydrogen) atoms. The molecule has 0 N–H and O–H groups in total. The molecule has 1 aromatic heterocycles. The van der Waals surface area contributed by atoms with E-state index in [1.165, 1.54) is 11.3 Å². The molecule has 1 aliphatic heterocycles. The average Bonchev–Trinajstić information content (AvgIpc) is 3.33. The molecule has 4 rings (SSSR count). The lowest BCUT2D eigenvalue weighted by Gasteiger charge is -2.27. The third-order valence-corrected chi connectivity index (χ3v) is 7.23. The summed E-state index contributed by atoms with van der Waals surface area (Å²) >= 11 is 1.53. The molecule has 0 saturated carbocycles. The van der Waals surface area contributed by atoms with Crippen molar-refractivity contribution >= 4 is 32.6 Å². The van der Waals surface area contributed by atoms with Gasteiger partial charge in [0.2, 0.25) is 0 Å². The van der Waals surface area contributed by atoms with Crippen molar-refractivity contribution in [2.24, 2.45) is 0 Å². The molecular formula is C28H37N3O4S. The average molecular weight is 512 g/mol. The number of benzene rings is 2. The molecule has 0 unspecified atom stereocenters. The second-order valence-electron chi connectivity index (χ2n) is 8.91. The van der Waals surface area contributed by atoms with Crippen LogP contribution in [0.4, 0.5) is 5.13 Å². The minimum atomic E-state index is -0.0555. The fourth-order valence-electron chi connectivity index (χ4n) is 4.24. The van der Waals surface area contributed by atoms with Gasteiger partial charge in [-0.25, -0.2) is 4.98 Å². The molecule has 2 heterocycles. The number of morpholine rings is 1. The number of aromatic nitrogens is 1. The first-order valence-electron chi connectivity index (χ1n) is 13.1. The summed E-state index contributed by atoms with van der Waals surface area (Å²) < 4.78 is 18.1. The quantitative estimate of drug-likeness (QED) is 0.277. The molecule has 0 bridgehead atoms. The van der Waals surface area contributed by atoms with Gasteiger partial charge in [0, 0.05) is 31.7 Å². The van der Waals surface area contributed by atoms with Crippen LogP contribution in [0.3, 0.4) is 0 Å². The van der Waals surface area contributed by atoms with Gasteiger partial charge in [-0.15, -0.1) is 0 Å². The van der Waals surface area contributed by atoms with Gasteiger partial charge < -0.3 is 14.2 Å². The number of hydrogen-bond acceptors (Lipinski definition) is 7. The Morgan fingerprint density at radius 1 is 1.06 bits per heavy atom. The smallest absolute Gasteiger partial charge is 0.260 e. The molecule has 1 aliphatic rings. The van der Waals surface area contributed by atoms with Crippen molar-refractivity contribution in [1.29, 1.82) is 0 Å².